The molecule has 0 radical (unpaired) electrons. The van der Waals surface area contributed by atoms with Crippen molar-refractivity contribution in [3.8, 4) is 11.5 Å². The maximum absolute atomic E-state index is 11.9. The fourth-order valence-corrected chi connectivity index (χ4v) is 4.74. The zero-order chi connectivity index (χ0) is 21.4. The second-order valence-electron chi connectivity index (χ2n) is 8.97. The zero-order valence-corrected chi connectivity index (χ0v) is 18.3. The van der Waals surface area contributed by atoms with Crippen molar-refractivity contribution in [3.05, 3.63) is 58.8 Å². The van der Waals surface area contributed by atoms with E-state index in [1.807, 2.05) is 4.90 Å². The van der Waals surface area contributed by atoms with Crippen LogP contribution in [0, 0.1) is 12.8 Å². The van der Waals surface area contributed by atoms with Crippen molar-refractivity contribution < 1.29 is 14.3 Å². The van der Waals surface area contributed by atoms with Gasteiger partial charge in [0, 0.05) is 23.6 Å². The minimum atomic E-state index is 0.0471. The number of rotatable bonds is 8. The molecule has 31 heavy (non-hydrogen) atoms. The van der Waals surface area contributed by atoms with Crippen LogP contribution in [0.2, 0.25) is 0 Å². The highest BCUT2D eigenvalue weighted by Gasteiger charge is 2.29. The molecule has 0 spiro atoms. The van der Waals surface area contributed by atoms with Gasteiger partial charge in [-0.3, -0.25) is 4.79 Å². The van der Waals surface area contributed by atoms with Gasteiger partial charge in [0.25, 0.3) is 0 Å². The largest absolute Gasteiger partial charge is 0.493 e. The molecular formula is C26H30N2O3. The molecule has 2 aliphatic rings. The number of hydrogen-bond donors (Lipinski definition) is 1. The molecule has 1 fully saturated rings. The fourth-order valence-electron chi connectivity index (χ4n) is 4.74. The van der Waals surface area contributed by atoms with E-state index in [9.17, 15) is 4.79 Å². The molecule has 1 N–H and O–H groups in total. The van der Waals surface area contributed by atoms with E-state index in [-0.39, 0.29) is 6.04 Å². The monoisotopic (exact) mass is 418 g/mol. The first-order valence-corrected chi connectivity index (χ1v) is 11.3. The quantitative estimate of drug-likeness (QED) is 0.526. The number of amides is 1. The number of hydrogen-bond acceptors (Lipinski definition) is 3. The number of ether oxygens (including phenoxy) is 2. The summed E-state index contributed by atoms with van der Waals surface area (Å²) < 4.78 is 11.7. The van der Waals surface area contributed by atoms with Crippen molar-refractivity contribution in [2.24, 2.45) is 5.92 Å². The molecule has 2 heterocycles. The Morgan fingerprint density at radius 3 is 2.84 bits per heavy atom. The molecule has 0 bridgehead atoms. The number of benzene rings is 2. The summed E-state index contributed by atoms with van der Waals surface area (Å²) in [5.74, 6) is 2.27. The Hall–Kier alpha value is -2.95. The van der Waals surface area contributed by atoms with Crippen LogP contribution in [0.4, 0.5) is 0 Å². The summed E-state index contributed by atoms with van der Waals surface area (Å²) in [6.07, 6.45) is 8.23. The Labute approximate surface area is 183 Å². The van der Waals surface area contributed by atoms with Crippen molar-refractivity contribution >= 4 is 17.3 Å². The van der Waals surface area contributed by atoms with Crippen molar-refractivity contribution in [1.82, 2.24) is 9.88 Å². The Kier molecular flexibility index (Phi) is 5.34. The maximum Gasteiger partial charge on any atom is 0.210 e. The molecule has 1 saturated carbocycles. The summed E-state index contributed by atoms with van der Waals surface area (Å²) in [6.45, 7) is 3.59. The van der Waals surface area contributed by atoms with E-state index in [1.54, 1.807) is 7.11 Å². The summed E-state index contributed by atoms with van der Waals surface area (Å²) in [5, 5.41) is 1.27. The van der Waals surface area contributed by atoms with Crippen LogP contribution >= 0.6 is 0 Å². The molecule has 5 heteroatoms. The Morgan fingerprint density at radius 2 is 2.06 bits per heavy atom. The number of H-pyrrole nitrogens is 1. The molecule has 1 amide bonds. The first-order chi connectivity index (χ1) is 15.2. The number of aromatic nitrogens is 1. The highest BCUT2D eigenvalue weighted by atomic mass is 16.5. The van der Waals surface area contributed by atoms with E-state index in [0.717, 1.165) is 50.3 Å². The summed E-state index contributed by atoms with van der Waals surface area (Å²) in [5.41, 5.74) is 6.18. The number of carbonyl (C=O) groups is 1. The zero-order valence-electron chi connectivity index (χ0n) is 18.3. The van der Waals surface area contributed by atoms with Crippen LogP contribution in [-0.2, 0) is 17.6 Å². The van der Waals surface area contributed by atoms with Crippen molar-refractivity contribution in [2.45, 2.75) is 45.1 Å². The third-order valence-electron chi connectivity index (χ3n) is 6.74. The van der Waals surface area contributed by atoms with E-state index < -0.39 is 0 Å². The summed E-state index contributed by atoms with van der Waals surface area (Å²) in [7, 11) is 1.70. The lowest BCUT2D eigenvalue weighted by atomic mass is 9.88. The first-order valence-electron chi connectivity index (χ1n) is 11.3. The number of fused-ring (bicyclic) bond motifs is 2. The van der Waals surface area contributed by atoms with Gasteiger partial charge in [0.15, 0.2) is 11.5 Å². The van der Waals surface area contributed by atoms with Gasteiger partial charge in [-0.15, -0.1) is 0 Å². The van der Waals surface area contributed by atoms with Gasteiger partial charge in [-0.05, 0) is 85.4 Å². The van der Waals surface area contributed by atoms with Crippen LogP contribution in [0.15, 0.2) is 36.5 Å². The second kappa shape index (κ2) is 8.29. The van der Waals surface area contributed by atoms with Gasteiger partial charge in [0.1, 0.15) is 0 Å². The van der Waals surface area contributed by atoms with E-state index in [1.165, 1.54) is 46.0 Å². The minimum Gasteiger partial charge on any atom is -0.493 e. The average Bonchev–Trinajstić information content (AvgIpc) is 3.54. The van der Waals surface area contributed by atoms with Gasteiger partial charge in [-0.2, -0.15) is 0 Å². The average molecular weight is 419 g/mol. The molecule has 1 aliphatic carbocycles. The predicted octanol–water partition coefficient (Wildman–Crippen LogP) is 4.96. The van der Waals surface area contributed by atoms with Crippen molar-refractivity contribution in [3.63, 3.8) is 0 Å². The van der Waals surface area contributed by atoms with E-state index in [2.05, 4.69) is 48.4 Å². The Balaban J connectivity index is 1.42. The van der Waals surface area contributed by atoms with Crippen LogP contribution in [0.3, 0.4) is 0 Å². The standard InChI is InChI=1S/C26H30N2O3/c1-17-3-7-21-20(14-27-23(21)11-17)6-8-24-22-13-26(31-15-18-4-5-18)25(30-2)12-19(22)9-10-28(24)16-29/h3,7,11-14,16,18,24,27H,4-6,8-10,15H2,1-2H3/t24-/m1/s1. The highest BCUT2D eigenvalue weighted by Crippen LogP contribution is 2.41. The van der Waals surface area contributed by atoms with Gasteiger partial charge in [-0.25, -0.2) is 0 Å². The third-order valence-corrected chi connectivity index (χ3v) is 6.74. The molecule has 0 saturated heterocycles. The normalized spacial score (nSPS) is 18.1. The highest BCUT2D eigenvalue weighted by molar-refractivity contribution is 5.83. The lowest BCUT2D eigenvalue weighted by molar-refractivity contribution is -0.120. The molecule has 5 rings (SSSR count). The maximum atomic E-state index is 11.9. The SMILES string of the molecule is COc1cc2c(cc1OCC1CC1)[C@@H](CCc1c[nH]c3cc(C)ccc13)N(C=O)CC2. The molecule has 5 nitrogen and oxygen atoms in total. The molecule has 1 aromatic heterocycles. The number of aryl methyl sites for hydroxylation is 2. The summed E-state index contributed by atoms with van der Waals surface area (Å²) in [4.78, 5) is 17.2. The van der Waals surface area contributed by atoms with Crippen molar-refractivity contribution in [1.29, 1.82) is 0 Å². The van der Waals surface area contributed by atoms with Crippen LogP contribution in [0.5, 0.6) is 11.5 Å². The molecule has 162 valence electrons. The van der Waals surface area contributed by atoms with E-state index in [4.69, 9.17) is 9.47 Å². The van der Waals surface area contributed by atoms with Crippen LogP contribution < -0.4 is 9.47 Å². The Morgan fingerprint density at radius 1 is 1.19 bits per heavy atom. The number of methoxy groups -OCH3 is 1. The lowest BCUT2D eigenvalue weighted by Gasteiger charge is -2.35. The van der Waals surface area contributed by atoms with Gasteiger partial charge in [0.05, 0.1) is 19.8 Å². The van der Waals surface area contributed by atoms with Gasteiger partial charge in [-0.1, -0.05) is 12.1 Å². The molecule has 1 aliphatic heterocycles. The lowest BCUT2D eigenvalue weighted by Crippen LogP contribution is -2.34. The molecule has 0 unspecified atom stereocenters. The van der Waals surface area contributed by atoms with Gasteiger partial charge in [0.2, 0.25) is 6.41 Å². The van der Waals surface area contributed by atoms with E-state index >= 15 is 0 Å². The van der Waals surface area contributed by atoms with Crippen LogP contribution in [0.1, 0.15) is 47.6 Å². The fraction of sp³-hybridized carbons (Fsp3) is 0.423. The second-order valence-corrected chi connectivity index (χ2v) is 8.97. The Bertz CT molecular complexity index is 1100. The number of aromatic amines is 1. The number of nitrogens with one attached hydrogen (secondary N) is 1. The molecule has 1 atom stereocenters. The topological polar surface area (TPSA) is 54.6 Å². The molecule has 3 aromatic rings. The van der Waals surface area contributed by atoms with Gasteiger partial charge >= 0.3 is 0 Å². The van der Waals surface area contributed by atoms with E-state index in [0.29, 0.717) is 5.92 Å². The van der Waals surface area contributed by atoms with Crippen LogP contribution in [0.25, 0.3) is 10.9 Å². The number of nitrogens with zero attached hydrogens (tertiary/aromatic N) is 1. The summed E-state index contributed by atoms with van der Waals surface area (Å²) >= 11 is 0. The molecular weight excluding hydrogens is 388 g/mol. The third kappa shape index (κ3) is 4.01. The molecule has 2 aromatic carbocycles. The first kappa shape index (κ1) is 20.0. The number of carbonyl (C=O) groups excluding carboxylic acids is 1. The predicted molar refractivity (Wildman–Crippen MR) is 122 cm³/mol. The smallest absolute Gasteiger partial charge is 0.210 e. The summed E-state index contributed by atoms with van der Waals surface area (Å²) in [6, 6.07) is 10.8. The minimum absolute atomic E-state index is 0.0471. The van der Waals surface area contributed by atoms with Crippen molar-refractivity contribution in [2.75, 3.05) is 20.3 Å². The van der Waals surface area contributed by atoms with Crippen LogP contribution in [-0.4, -0.2) is 36.6 Å². The van der Waals surface area contributed by atoms with Gasteiger partial charge < -0.3 is 19.4 Å².